The van der Waals surface area contributed by atoms with E-state index in [0.717, 1.165) is 11.3 Å². The van der Waals surface area contributed by atoms with Crippen molar-refractivity contribution in [3.63, 3.8) is 0 Å². The highest BCUT2D eigenvalue weighted by molar-refractivity contribution is 5.92. The molecule has 34 heavy (non-hydrogen) atoms. The maximum atomic E-state index is 12.5. The summed E-state index contributed by atoms with van der Waals surface area (Å²) in [6.07, 6.45) is 1.74. The van der Waals surface area contributed by atoms with E-state index in [0.29, 0.717) is 22.6 Å². The average molecular weight is 460 g/mol. The molecule has 0 aromatic heterocycles. The van der Waals surface area contributed by atoms with Crippen molar-refractivity contribution in [3.8, 4) is 11.5 Å². The van der Waals surface area contributed by atoms with Crippen LogP contribution in [0.15, 0.2) is 77.8 Å². The lowest BCUT2D eigenvalue weighted by Gasteiger charge is -2.29. The lowest BCUT2D eigenvalue weighted by Crippen LogP contribution is -2.33. The van der Waals surface area contributed by atoms with Gasteiger partial charge in [-0.05, 0) is 98.1 Å². The van der Waals surface area contributed by atoms with Crippen LogP contribution in [0.3, 0.4) is 0 Å². The summed E-state index contributed by atoms with van der Waals surface area (Å²) < 4.78 is 16.1. The van der Waals surface area contributed by atoms with Crippen molar-refractivity contribution in [2.75, 3.05) is 7.11 Å². The van der Waals surface area contributed by atoms with Gasteiger partial charge in [0, 0.05) is 6.21 Å². The van der Waals surface area contributed by atoms with Crippen LogP contribution in [0.4, 0.5) is 5.69 Å². The lowest BCUT2D eigenvalue weighted by atomic mass is 9.94. The average Bonchev–Trinajstić information content (AvgIpc) is 2.83. The quantitative estimate of drug-likeness (QED) is 0.226. The molecule has 0 bridgehead atoms. The fraction of sp³-hybridized carbons (Fsp3) is 0.250. The molecule has 3 rings (SSSR count). The van der Waals surface area contributed by atoms with Crippen LogP contribution in [0.5, 0.6) is 11.5 Å². The monoisotopic (exact) mass is 459 g/mol. The molecular formula is C28H29NO5. The summed E-state index contributed by atoms with van der Waals surface area (Å²) in [4.78, 5) is 29.3. The Kier molecular flexibility index (Phi) is 7.84. The smallest absolute Gasteiger partial charge is 0.343 e. The number of ether oxygens (including phenoxy) is 3. The van der Waals surface area contributed by atoms with E-state index in [1.807, 2.05) is 52.0 Å². The Bertz CT molecular complexity index is 1140. The summed E-state index contributed by atoms with van der Waals surface area (Å²) in [5.41, 5.74) is 1.86. The van der Waals surface area contributed by atoms with Crippen LogP contribution in [-0.2, 0) is 4.74 Å². The number of esters is 2. The summed E-state index contributed by atoms with van der Waals surface area (Å²) in [5, 5.41) is 0. The Hall–Kier alpha value is -3.93. The van der Waals surface area contributed by atoms with Crippen LogP contribution < -0.4 is 9.47 Å². The second-order valence-electron chi connectivity index (χ2n) is 8.64. The van der Waals surface area contributed by atoms with Gasteiger partial charge in [-0.3, -0.25) is 4.99 Å². The summed E-state index contributed by atoms with van der Waals surface area (Å²) in [6.45, 7) is 7.74. The van der Waals surface area contributed by atoms with Gasteiger partial charge >= 0.3 is 11.9 Å². The number of nitrogens with zero attached hydrogens (tertiary/aromatic N) is 1. The van der Waals surface area contributed by atoms with Crippen LogP contribution in [0.1, 0.15) is 54.0 Å². The van der Waals surface area contributed by atoms with Crippen molar-refractivity contribution < 1.29 is 23.8 Å². The number of rotatable bonds is 8. The summed E-state index contributed by atoms with van der Waals surface area (Å²) in [5.74, 6) is 0.386. The predicted molar refractivity (Wildman–Crippen MR) is 132 cm³/mol. The molecule has 0 radical (unpaired) electrons. The molecule has 0 unspecified atom stereocenters. The third-order valence-electron chi connectivity index (χ3n) is 5.63. The normalized spacial score (nSPS) is 11.5. The number of benzene rings is 3. The molecule has 0 aliphatic rings. The largest absolute Gasteiger partial charge is 0.497 e. The van der Waals surface area contributed by atoms with Crippen LogP contribution in [0.2, 0.25) is 0 Å². The van der Waals surface area contributed by atoms with Crippen LogP contribution in [-0.4, -0.2) is 30.9 Å². The number of carbonyl (C=O) groups is 2. The van der Waals surface area contributed by atoms with Gasteiger partial charge in [-0.1, -0.05) is 13.8 Å². The maximum absolute atomic E-state index is 12.5. The van der Waals surface area contributed by atoms with Crippen LogP contribution in [0.25, 0.3) is 0 Å². The summed E-state index contributed by atoms with van der Waals surface area (Å²) >= 11 is 0. The molecule has 0 atom stereocenters. The summed E-state index contributed by atoms with van der Waals surface area (Å²) in [7, 11) is 1.62. The van der Waals surface area contributed by atoms with E-state index in [1.165, 1.54) is 0 Å². The molecule has 6 heteroatoms. The molecule has 6 nitrogen and oxygen atoms in total. The minimum atomic E-state index is -0.576. The molecule has 0 aliphatic heterocycles. The molecule has 3 aromatic rings. The van der Waals surface area contributed by atoms with Gasteiger partial charge in [0.25, 0.3) is 0 Å². The van der Waals surface area contributed by atoms with Gasteiger partial charge in [-0.25, -0.2) is 9.59 Å². The van der Waals surface area contributed by atoms with Crippen LogP contribution in [0, 0.1) is 5.92 Å². The molecule has 3 aromatic carbocycles. The molecule has 0 saturated heterocycles. The van der Waals surface area contributed by atoms with Gasteiger partial charge in [-0.2, -0.15) is 0 Å². The fourth-order valence-electron chi connectivity index (χ4n) is 2.76. The van der Waals surface area contributed by atoms with Crippen molar-refractivity contribution >= 4 is 23.8 Å². The zero-order valence-electron chi connectivity index (χ0n) is 20.1. The van der Waals surface area contributed by atoms with Gasteiger partial charge in [0.05, 0.1) is 23.9 Å². The number of hydrogen-bond acceptors (Lipinski definition) is 6. The first kappa shape index (κ1) is 24.7. The lowest BCUT2D eigenvalue weighted by molar-refractivity contribution is -0.0222. The van der Waals surface area contributed by atoms with Gasteiger partial charge in [0.1, 0.15) is 17.1 Å². The third-order valence-corrected chi connectivity index (χ3v) is 5.63. The standard InChI is InChI=1S/C28H29NO5/c1-19(2)28(3,4)34-27(31)22-10-16-25(17-11-22)33-26(30)21-8-12-23(13-9-21)29-18-20-6-14-24(32-5)15-7-20/h6-19H,1-5H3. The molecule has 0 heterocycles. The van der Waals surface area contributed by atoms with Crippen molar-refractivity contribution in [1.82, 2.24) is 0 Å². The molecule has 176 valence electrons. The first-order chi connectivity index (χ1) is 16.2. The SMILES string of the molecule is COc1ccc(C=Nc2ccc(C(=O)Oc3ccc(C(=O)OC(C)(C)C(C)C)cc3)cc2)cc1. The van der Waals surface area contributed by atoms with Crippen molar-refractivity contribution in [2.45, 2.75) is 33.3 Å². The van der Waals surface area contributed by atoms with E-state index < -0.39 is 17.5 Å². The minimum absolute atomic E-state index is 0.177. The zero-order chi connectivity index (χ0) is 24.7. The van der Waals surface area contributed by atoms with Crippen LogP contribution >= 0.6 is 0 Å². The van der Waals surface area contributed by atoms with Crippen molar-refractivity contribution in [3.05, 3.63) is 89.5 Å². The maximum Gasteiger partial charge on any atom is 0.343 e. The van der Waals surface area contributed by atoms with Gasteiger partial charge in [-0.15, -0.1) is 0 Å². The van der Waals surface area contributed by atoms with Gasteiger partial charge < -0.3 is 14.2 Å². The van der Waals surface area contributed by atoms with E-state index >= 15 is 0 Å². The number of aliphatic imine (C=N–C) groups is 1. The fourth-order valence-corrected chi connectivity index (χ4v) is 2.76. The van der Waals surface area contributed by atoms with Gasteiger partial charge in [0.15, 0.2) is 0 Å². The predicted octanol–water partition coefficient (Wildman–Crippen LogP) is 6.26. The topological polar surface area (TPSA) is 74.2 Å². The van der Waals surface area contributed by atoms with E-state index in [2.05, 4.69) is 4.99 Å². The Balaban J connectivity index is 1.59. The number of methoxy groups -OCH3 is 1. The Morgan fingerprint density at radius 1 is 0.794 bits per heavy atom. The second kappa shape index (κ2) is 10.8. The highest BCUT2D eigenvalue weighted by atomic mass is 16.6. The number of hydrogen-bond donors (Lipinski definition) is 0. The highest BCUT2D eigenvalue weighted by Crippen LogP contribution is 2.23. The second-order valence-corrected chi connectivity index (χ2v) is 8.64. The minimum Gasteiger partial charge on any atom is -0.497 e. The van der Waals surface area contributed by atoms with Crippen molar-refractivity contribution in [2.24, 2.45) is 10.9 Å². The Labute approximate surface area is 200 Å². The Morgan fingerprint density at radius 2 is 1.32 bits per heavy atom. The zero-order valence-corrected chi connectivity index (χ0v) is 20.1. The highest BCUT2D eigenvalue weighted by Gasteiger charge is 2.27. The molecular weight excluding hydrogens is 430 g/mol. The molecule has 0 saturated carbocycles. The number of carbonyl (C=O) groups excluding carboxylic acids is 2. The molecule has 0 aliphatic carbocycles. The first-order valence-electron chi connectivity index (χ1n) is 11.0. The summed E-state index contributed by atoms with van der Waals surface area (Å²) in [6, 6.07) is 20.6. The third kappa shape index (κ3) is 6.54. The van der Waals surface area contributed by atoms with E-state index in [-0.39, 0.29) is 5.92 Å². The Morgan fingerprint density at radius 3 is 1.88 bits per heavy atom. The molecule has 0 spiro atoms. The first-order valence-corrected chi connectivity index (χ1v) is 11.0. The molecule has 0 N–H and O–H groups in total. The van der Waals surface area contributed by atoms with E-state index in [9.17, 15) is 9.59 Å². The van der Waals surface area contributed by atoms with E-state index in [1.54, 1.807) is 61.9 Å². The van der Waals surface area contributed by atoms with Crippen molar-refractivity contribution in [1.29, 1.82) is 0 Å². The van der Waals surface area contributed by atoms with Gasteiger partial charge in [0.2, 0.25) is 0 Å². The molecule has 0 fully saturated rings. The van der Waals surface area contributed by atoms with E-state index in [4.69, 9.17) is 14.2 Å². The molecule has 0 amide bonds.